The molecule has 0 saturated heterocycles. The van der Waals surface area contributed by atoms with Gasteiger partial charge in [0.1, 0.15) is 6.61 Å². The molecule has 0 aromatic rings. The van der Waals surface area contributed by atoms with E-state index in [1.807, 2.05) is 6.92 Å². The van der Waals surface area contributed by atoms with Crippen molar-refractivity contribution in [2.24, 2.45) is 11.1 Å². The van der Waals surface area contributed by atoms with E-state index in [0.29, 0.717) is 0 Å². The number of rotatable bonds is 3. The van der Waals surface area contributed by atoms with Crippen LogP contribution < -0.4 is 0 Å². The molecule has 0 spiro atoms. The summed E-state index contributed by atoms with van der Waals surface area (Å²) in [6, 6.07) is 0. The SMILES string of the molecule is C/C=N/OCC1CCCC1. The highest BCUT2D eigenvalue weighted by Gasteiger charge is 2.14. The summed E-state index contributed by atoms with van der Waals surface area (Å²) in [6.07, 6.45) is 7.11. The molecule has 58 valence electrons. The lowest BCUT2D eigenvalue weighted by atomic mass is 10.1. The highest BCUT2D eigenvalue weighted by Crippen LogP contribution is 2.24. The van der Waals surface area contributed by atoms with Gasteiger partial charge in [-0.15, -0.1) is 0 Å². The molecule has 0 aromatic heterocycles. The molecule has 1 aliphatic rings. The van der Waals surface area contributed by atoms with Gasteiger partial charge in [-0.25, -0.2) is 0 Å². The van der Waals surface area contributed by atoms with Gasteiger partial charge in [-0.2, -0.15) is 0 Å². The van der Waals surface area contributed by atoms with Crippen LogP contribution in [0.5, 0.6) is 0 Å². The standard InChI is InChI=1S/C8H15NO/c1-2-9-10-7-8-5-3-4-6-8/h2,8H,3-7H2,1H3/b9-2+. The monoisotopic (exact) mass is 141 g/mol. The van der Waals surface area contributed by atoms with Gasteiger partial charge in [-0.05, 0) is 25.7 Å². The molecular weight excluding hydrogens is 126 g/mol. The molecular formula is C8H15NO. The summed E-state index contributed by atoms with van der Waals surface area (Å²) in [5, 5.41) is 3.71. The van der Waals surface area contributed by atoms with Gasteiger partial charge < -0.3 is 4.84 Å². The van der Waals surface area contributed by atoms with Crippen molar-refractivity contribution < 1.29 is 4.84 Å². The Bertz CT molecular complexity index is 106. The third kappa shape index (κ3) is 2.38. The largest absolute Gasteiger partial charge is 0.396 e. The fraction of sp³-hybridized carbons (Fsp3) is 0.875. The van der Waals surface area contributed by atoms with Gasteiger partial charge in [-0.1, -0.05) is 18.0 Å². The Labute approximate surface area is 62.3 Å². The number of hydrogen-bond acceptors (Lipinski definition) is 2. The average Bonchev–Trinajstić information content (AvgIpc) is 2.41. The van der Waals surface area contributed by atoms with Gasteiger partial charge in [-0.3, -0.25) is 0 Å². The minimum absolute atomic E-state index is 0.781. The maximum Gasteiger partial charge on any atom is 0.120 e. The van der Waals surface area contributed by atoms with Gasteiger partial charge in [0.15, 0.2) is 0 Å². The summed E-state index contributed by atoms with van der Waals surface area (Å²) >= 11 is 0. The zero-order valence-corrected chi connectivity index (χ0v) is 6.55. The highest BCUT2D eigenvalue weighted by molar-refractivity contribution is 5.52. The molecule has 0 heterocycles. The molecule has 1 fully saturated rings. The molecule has 1 aliphatic carbocycles. The normalized spacial score (nSPS) is 20.5. The van der Waals surface area contributed by atoms with Crippen molar-refractivity contribution in [1.29, 1.82) is 0 Å². The van der Waals surface area contributed by atoms with E-state index >= 15 is 0 Å². The van der Waals surface area contributed by atoms with Crippen LogP contribution in [0.1, 0.15) is 32.6 Å². The minimum atomic E-state index is 0.781. The van der Waals surface area contributed by atoms with Crippen molar-refractivity contribution in [2.45, 2.75) is 32.6 Å². The van der Waals surface area contributed by atoms with Crippen molar-refractivity contribution in [3.05, 3.63) is 0 Å². The first kappa shape index (κ1) is 7.58. The molecule has 2 nitrogen and oxygen atoms in total. The smallest absolute Gasteiger partial charge is 0.120 e. The molecule has 10 heavy (non-hydrogen) atoms. The minimum Gasteiger partial charge on any atom is -0.396 e. The van der Waals surface area contributed by atoms with E-state index in [1.54, 1.807) is 6.21 Å². The second-order valence-electron chi connectivity index (χ2n) is 2.81. The topological polar surface area (TPSA) is 21.6 Å². The lowest BCUT2D eigenvalue weighted by Gasteiger charge is -2.04. The fourth-order valence-corrected chi connectivity index (χ4v) is 1.40. The number of hydrogen-bond donors (Lipinski definition) is 0. The fourth-order valence-electron chi connectivity index (χ4n) is 1.40. The second kappa shape index (κ2) is 4.31. The molecule has 0 amide bonds. The van der Waals surface area contributed by atoms with E-state index in [2.05, 4.69) is 5.16 Å². The first-order chi connectivity index (χ1) is 4.93. The highest BCUT2D eigenvalue weighted by atomic mass is 16.6. The van der Waals surface area contributed by atoms with E-state index in [0.717, 1.165) is 12.5 Å². The maximum absolute atomic E-state index is 5.04. The molecule has 0 bridgehead atoms. The Morgan fingerprint density at radius 2 is 2.20 bits per heavy atom. The predicted octanol–water partition coefficient (Wildman–Crippen LogP) is 2.20. The summed E-state index contributed by atoms with van der Waals surface area (Å²) in [7, 11) is 0. The predicted molar refractivity (Wildman–Crippen MR) is 42.1 cm³/mol. The molecule has 1 rings (SSSR count). The van der Waals surface area contributed by atoms with Gasteiger partial charge in [0.05, 0.1) is 0 Å². The first-order valence-electron chi connectivity index (χ1n) is 4.03. The van der Waals surface area contributed by atoms with E-state index in [-0.39, 0.29) is 0 Å². The maximum atomic E-state index is 5.04. The summed E-state index contributed by atoms with van der Waals surface area (Å²) in [4.78, 5) is 5.04. The van der Waals surface area contributed by atoms with E-state index in [1.165, 1.54) is 25.7 Å². The lowest BCUT2D eigenvalue weighted by Crippen LogP contribution is -2.01. The van der Waals surface area contributed by atoms with Gasteiger partial charge in [0.25, 0.3) is 0 Å². The van der Waals surface area contributed by atoms with Crippen molar-refractivity contribution >= 4 is 6.21 Å². The molecule has 1 saturated carbocycles. The van der Waals surface area contributed by atoms with Crippen LogP contribution in [0.4, 0.5) is 0 Å². The van der Waals surface area contributed by atoms with Crippen LogP contribution in [-0.4, -0.2) is 12.8 Å². The number of oxime groups is 1. The summed E-state index contributed by atoms with van der Waals surface area (Å²) in [5.41, 5.74) is 0. The van der Waals surface area contributed by atoms with E-state index in [4.69, 9.17) is 4.84 Å². The Morgan fingerprint density at radius 3 is 2.80 bits per heavy atom. The van der Waals surface area contributed by atoms with Crippen LogP contribution in [-0.2, 0) is 4.84 Å². The van der Waals surface area contributed by atoms with Crippen LogP contribution in [0, 0.1) is 5.92 Å². The third-order valence-corrected chi connectivity index (χ3v) is 1.96. The van der Waals surface area contributed by atoms with Crippen molar-refractivity contribution in [3.63, 3.8) is 0 Å². The summed E-state index contributed by atoms with van der Waals surface area (Å²) < 4.78 is 0. The van der Waals surface area contributed by atoms with Crippen molar-refractivity contribution in [2.75, 3.05) is 6.61 Å². The average molecular weight is 141 g/mol. The molecule has 0 atom stereocenters. The third-order valence-electron chi connectivity index (χ3n) is 1.96. The van der Waals surface area contributed by atoms with E-state index < -0.39 is 0 Å². The molecule has 2 heteroatoms. The zero-order chi connectivity index (χ0) is 7.23. The van der Waals surface area contributed by atoms with Crippen LogP contribution in [0.3, 0.4) is 0 Å². The van der Waals surface area contributed by atoms with Gasteiger partial charge in [0.2, 0.25) is 0 Å². The van der Waals surface area contributed by atoms with Gasteiger partial charge in [0, 0.05) is 6.21 Å². The quantitative estimate of drug-likeness (QED) is 0.436. The van der Waals surface area contributed by atoms with Crippen molar-refractivity contribution in [3.8, 4) is 0 Å². The summed E-state index contributed by atoms with van der Waals surface area (Å²) in [6.45, 7) is 2.69. The van der Waals surface area contributed by atoms with Crippen LogP contribution in [0.2, 0.25) is 0 Å². The summed E-state index contributed by atoms with van der Waals surface area (Å²) in [5.74, 6) is 0.781. The second-order valence-corrected chi connectivity index (χ2v) is 2.81. The zero-order valence-electron chi connectivity index (χ0n) is 6.55. The van der Waals surface area contributed by atoms with Crippen LogP contribution in [0.15, 0.2) is 5.16 Å². The van der Waals surface area contributed by atoms with Crippen molar-refractivity contribution in [1.82, 2.24) is 0 Å². The van der Waals surface area contributed by atoms with Crippen LogP contribution >= 0.6 is 0 Å². The molecule has 0 N–H and O–H groups in total. The Kier molecular flexibility index (Phi) is 3.27. The number of nitrogens with zero attached hydrogens (tertiary/aromatic N) is 1. The molecule has 0 aliphatic heterocycles. The Hall–Kier alpha value is -0.530. The molecule has 0 radical (unpaired) electrons. The molecule has 0 aromatic carbocycles. The molecule has 0 unspecified atom stereocenters. The van der Waals surface area contributed by atoms with Crippen LogP contribution in [0.25, 0.3) is 0 Å². The van der Waals surface area contributed by atoms with Gasteiger partial charge >= 0.3 is 0 Å². The Morgan fingerprint density at radius 1 is 1.50 bits per heavy atom. The lowest BCUT2D eigenvalue weighted by molar-refractivity contribution is 0.110. The Balaban J connectivity index is 2.01. The first-order valence-corrected chi connectivity index (χ1v) is 4.03. The van der Waals surface area contributed by atoms with E-state index in [9.17, 15) is 0 Å².